The number of hydrogen-bond donors (Lipinski definition) is 2. The lowest BCUT2D eigenvalue weighted by Gasteiger charge is -2.21. The Kier molecular flexibility index (Phi) is 6.09. The van der Waals surface area contributed by atoms with Gasteiger partial charge in [0.2, 0.25) is 5.91 Å². The molecule has 1 amide bonds. The number of carbonyl (C=O) groups excluding carboxylic acids is 1. The molecule has 5 nitrogen and oxygen atoms in total. The molecule has 2 rings (SSSR count). The van der Waals surface area contributed by atoms with Gasteiger partial charge >= 0.3 is 6.18 Å². The molecule has 142 valence electrons. The van der Waals surface area contributed by atoms with Crippen LogP contribution in [-0.2, 0) is 21.0 Å². The summed E-state index contributed by atoms with van der Waals surface area (Å²) in [4.78, 5) is 12.4. The van der Waals surface area contributed by atoms with Gasteiger partial charge in [0.05, 0.1) is 5.56 Å². The van der Waals surface area contributed by atoms with E-state index in [1.165, 1.54) is 18.2 Å². The molecular weight excluding hydrogens is 389 g/mol. The zero-order valence-corrected chi connectivity index (χ0v) is 15.5. The van der Waals surface area contributed by atoms with E-state index >= 15 is 0 Å². The highest BCUT2D eigenvalue weighted by Gasteiger charge is 2.32. The van der Waals surface area contributed by atoms with E-state index in [-0.39, 0.29) is 9.90 Å². The Morgan fingerprint density at radius 3 is 2.38 bits per heavy atom. The van der Waals surface area contributed by atoms with Crippen LogP contribution < -0.4 is 10.0 Å². The van der Waals surface area contributed by atoms with Crippen molar-refractivity contribution in [2.24, 2.45) is 5.92 Å². The third-order valence-electron chi connectivity index (χ3n) is 3.45. The molecule has 1 aromatic carbocycles. The van der Waals surface area contributed by atoms with Gasteiger partial charge < -0.3 is 5.32 Å². The van der Waals surface area contributed by atoms with E-state index in [1.807, 2.05) is 0 Å². The SMILES string of the molecule is CC(C)[C@H](NS(=O)(=O)c1cccs1)C(=O)Nc1cccc(C(F)(F)F)c1. The van der Waals surface area contributed by atoms with Crippen molar-refractivity contribution in [2.45, 2.75) is 30.3 Å². The molecule has 1 aromatic heterocycles. The summed E-state index contributed by atoms with van der Waals surface area (Å²) in [6.07, 6.45) is -4.54. The second-order valence-corrected chi connectivity index (χ2v) is 8.73. The van der Waals surface area contributed by atoms with E-state index in [4.69, 9.17) is 0 Å². The number of nitrogens with one attached hydrogen (secondary N) is 2. The Labute approximate surface area is 153 Å². The summed E-state index contributed by atoms with van der Waals surface area (Å²) in [5.74, 6) is -1.16. The minimum Gasteiger partial charge on any atom is -0.325 e. The molecule has 2 aromatic rings. The van der Waals surface area contributed by atoms with Crippen molar-refractivity contribution in [3.05, 3.63) is 47.3 Å². The van der Waals surface area contributed by atoms with Crippen molar-refractivity contribution >= 4 is 33.0 Å². The van der Waals surface area contributed by atoms with Gasteiger partial charge in [0.1, 0.15) is 10.3 Å². The lowest BCUT2D eigenvalue weighted by molar-refractivity contribution is -0.137. The topological polar surface area (TPSA) is 75.3 Å². The maximum absolute atomic E-state index is 12.8. The van der Waals surface area contributed by atoms with E-state index in [1.54, 1.807) is 25.3 Å². The van der Waals surface area contributed by atoms with Gasteiger partial charge in [-0.25, -0.2) is 8.42 Å². The molecule has 0 radical (unpaired) electrons. The van der Waals surface area contributed by atoms with Crippen LogP contribution in [0.15, 0.2) is 46.0 Å². The second-order valence-electron chi connectivity index (χ2n) is 5.84. The quantitative estimate of drug-likeness (QED) is 0.768. The van der Waals surface area contributed by atoms with Gasteiger partial charge in [-0.05, 0) is 35.6 Å². The molecule has 10 heteroatoms. The second kappa shape index (κ2) is 7.77. The standard InChI is InChI=1S/C16H17F3N2O3S2/c1-10(2)14(21-26(23,24)13-7-4-8-25-13)15(22)20-12-6-3-5-11(9-12)16(17,18)19/h3-10,14,21H,1-2H3,(H,20,22)/t14-/m0/s1. The number of alkyl halides is 3. The van der Waals surface area contributed by atoms with E-state index in [9.17, 15) is 26.4 Å². The molecule has 0 spiro atoms. The molecule has 0 aliphatic rings. The summed E-state index contributed by atoms with van der Waals surface area (Å²) in [5.41, 5.74) is -0.971. The Hall–Kier alpha value is -1.91. The van der Waals surface area contributed by atoms with Crippen LogP contribution in [0, 0.1) is 5.92 Å². The highest BCUT2D eigenvalue weighted by Crippen LogP contribution is 2.30. The van der Waals surface area contributed by atoms with E-state index < -0.39 is 39.6 Å². The molecule has 0 bridgehead atoms. The minimum absolute atomic E-state index is 0.0509. The van der Waals surface area contributed by atoms with E-state index in [0.717, 1.165) is 23.5 Å². The Morgan fingerprint density at radius 2 is 1.85 bits per heavy atom. The number of thiophene rings is 1. The van der Waals surface area contributed by atoms with Crippen molar-refractivity contribution < 1.29 is 26.4 Å². The van der Waals surface area contributed by atoms with Gasteiger partial charge in [-0.3, -0.25) is 4.79 Å². The van der Waals surface area contributed by atoms with Crippen molar-refractivity contribution in [3.63, 3.8) is 0 Å². The molecule has 2 N–H and O–H groups in total. The number of sulfonamides is 1. The average Bonchev–Trinajstić information content (AvgIpc) is 3.07. The summed E-state index contributed by atoms with van der Waals surface area (Å²) in [6.45, 7) is 3.26. The van der Waals surface area contributed by atoms with Crippen molar-refractivity contribution in [3.8, 4) is 0 Å². The Bertz CT molecular complexity index is 863. The van der Waals surface area contributed by atoms with E-state index in [2.05, 4.69) is 10.0 Å². The smallest absolute Gasteiger partial charge is 0.325 e. The molecule has 26 heavy (non-hydrogen) atoms. The normalized spacial score (nSPS) is 13.6. The number of anilines is 1. The number of benzene rings is 1. The fraction of sp³-hybridized carbons (Fsp3) is 0.312. The first-order valence-corrected chi connectivity index (χ1v) is 9.91. The predicted octanol–water partition coefficient (Wildman–Crippen LogP) is 3.71. The third-order valence-corrected chi connectivity index (χ3v) is 6.29. The van der Waals surface area contributed by atoms with Crippen LogP contribution in [0.5, 0.6) is 0 Å². The molecule has 0 aliphatic heterocycles. The van der Waals surface area contributed by atoms with Gasteiger partial charge in [0, 0.05) is 5.69 Å². The fourth-order valence-electron chi connectivity index (χ4n) is 2.13. The number of halogens is 3. The molecule has 0 aliphatic carbocycles. The van der Waals surface area contributed by atoms with Gasteiger partial charge in [0.25, 0.3) is 10.0 Å². The first kappa shape index (κ1) is 20.4. The summed E-state index contributed by atoms with van der Waals surface area (Å²) >= 11 is 0.997. The summed E-state index contributed by atoms with van der Waals surface area (Å²) in [5, 5.41) is 3.93. The first-order chi connectivity index (χ1) is 12.0. The Balaban J connectivity index is 2.20. The van der Waals surface area contributed by atoms with Crippen LogP contribution in [-0.4, -0.2) is 20.4 Å². The monoisotopic (exact) mass is 406 g/mol. The number of hydrogen-bond acceptors (Lipinski definition) is 4. The van der Waals surface area contributed by atoms with Crippen LogP contribution in [0.1, 0.15) is 19.4 Å². The zero-order valence-electron chi connectivity index (χ0n) is 13.9. The van der Waals surface area contributed by atoms with Gasteiger partial charge in [-0.2, -0.15) is 17.9 Å². The van der Waals surface area contributed by atoms with Crippen LogP contribution in [0.4, 0.5) is 18.9 Å². The summed E-state index contributed by atoms with van der Waals surface area (Å²) in [7, 11) is -3.90. The van der Waals surface area contributed by atoms with E-state index in [0.29, 0.717) is 0 Å². The molecule has 1 atom stereocenters. The predicted molar refractivity (Wildman–Crippen MR) is 93.3 cm³/mol. The van der Waals surface area contributed by atoms with Gasteiger partial charge in [-0.1, -0.05) is 26.0 Å². The number of carbonyl (C=O) groups is 1. The average molecular weight is 406 g/mol. The summed E-state index contributed by atoms with van der Waals surface area (Å²) in [6, 6.07) is 5.97. The zero-order chi connectivity index (χ0) is 19.5. The third kappa shape index (κ3) is 5.05. The fourth-order valence-corrected chi connectivity index (χ4v) is 4.48. The summed E-state index contributed by atoms with van der Waals surface area (Å²) < 4.78 is 65.3. The first-order valence-electron chi connectivity index (χ1n) is 7.54. The Morgan fingerprint density at radius 1 is 1.15 bits per heavy atom. The van der Waals surface area contributed by atoms with Crippen LogP contribution in [0.2, 0.25) is 0 Å². The highest BCUT2D eigenvalue weighted by molar-refractivity contribution is 7.91. The number of rotatable bonds is 6. The van der Waals surface area contributed by atoms with Gasteiger partial charge in [-0.15, -0.1) is 11.3 Å². The lowest BCUT2D eigenvalue weighted by Crippen LogP contribution is -2.46. The molecule has 0 saturated heterocycles. The molecule has 1 heterocycles. The molecule has 0 saturated carbocycles. The van der Waals surface area contributed by atoms with Crippen molar-refractivity contribution in [1.82, 2.24) is 4.72 Å². The van der Waals surface area contributed by atoms with Crippen LogP contribution in [0.25, 0.3) is 0 Å². The number of amides is 1. The minimum atomic E-state index is -4.54. The molecular formula is C16H17F3N2O3S2. The largest absolute Gasteiger partial charge is 0.416 e. The molecule has 0 fully saturated rings. The van der Waals surface area contributed by atoms with Crippen molar-refractivity contribution in [2.75, 3.05) is 5.32 Å². The van der Waals surface area contributed by atoms with Crippen molar-refractivity contribution in [1.29, 1.82) is 0 Å². The maximum Gasteiger partial charge on any atom is 0.416 e. The van der Waals surface area contributed by atoms with Crippen LogP contribution >= 0.6 is 11.3 Å². The van der Waals surface area contributed by atoms with Gasteiger partial charge in [0.15, 0.2) is 0 Å². The molecule has 0 unspecified atom stereocenters. The lowest BCUT2D eigenvalue weighted by atomic mass is 10.0. The highest BCUT2D eigenvalue weighted by atomic mass is 32.2. The maximum atomic E-state index is 12.8. The van der Waals surface area contributed by atoms with Crippen LogP contribution in [0.3, 0.4) is 0 Å².